The molecule has 4 nitrogen and oxygen atoms in total. The molecule has 1 atom stereocenters. The fourth-order valence-corrected chi connectivity index (χ4v) is 1.25. The molecule has 1 aromatic carbocycles. The number of H-pyrrole nitrogens is 1. The summed E-state index contributed by atoms with van der Waals surface area (Å²) in [6.07, 6.45) is 0. The molecular formula is C9H11ClN2O2. The van der Waals surface area contributed by atoms with E-state index >= 15 is 0 Å². The number of oxazole rings is 1. The highest BCUT2D eigenvalue weighted by molar-refractivity contribution is 5.85. The molecule has 0 spiro atoms. The van der Waals surface area contributed by atoms with Crippen molar-refractivity contribution in [2.45, 2.75) is 13.0 Å². The number of benzene rings is 1. The third-order valence-electron chi connectivity index (χ3n) is 1.97. The number of fused-ring (bicyclic) bond motifs is 1. The van der Waals surface area contributed by atoms with Gasteiger partial charge in [-0.3, -0.25) is 4.98 Å². The Kier molecular flexibility index (Phi) is 2.98. The second-order valence-electron chi connectivity index (χ2n) is 3.06. The first-order chi connectivity index (χ1) is 6.16. The molecule has 1 unspecified atom stereocenters. The minimum atomic E-state index is -0.433. The van der Waals surface area contributed by atoms with E-state index in [4.69, 9.17) is 10.2 Å². The Morgan fingerprint density at radius 3 is 2.86 bits per heavy atom. The van der Waals surface area contributed by atoms with Gasteiger partial charge < -0.3 is 10.2 Å². The van der Waals surface area contributed by atoms with Crippen molar-refractivity contribution >= 4 is 23.5 Å². The highest BCUT2D eigenvalue weighted by Gasteiger charge is 2.03. The maximum Gasteiger partial charge on any atom is 0.417 e. The first-order valence-electron chi connectivity index (χ1n) is 4.05. The van der Waals surface area contributed by atoms with E-state index in [1.807, 2.05) is 19.1 Å². The summed E-state index contributed by atoms with van der Waals surface area (Å²) in [6, 6.07) is 5.38. The number of aromatic nitrogens is 1. The molecule has 0 fully saturated rings. The molecule has 0 bridgehead atoms. The number of rotatable bonds is 1. The van der Waals surface area contributed by atoms with Crippen molar-refractivity contribution in [2.24, 2.45) is 5.73 Å². The Balaban J connectivity index is 0.000000980. The zero-order valence-electron chi connectivity index (χ0n) is 7.61. The molecule has 1 heterocycles. The van der Waals surface area contributed by atoms with Crippen molar-refractivity contribution < 1.29 is 4.42 Å². The van der Waals surface area contributed by atoms with E-state index in [1.54, 1.807) is 6.07 Å². The highest BCUT2D eigenvalue weighted by atomic mass is 35.5. The van der Waals surface area contributed by atoms with Gasteiger partial charge in [-0.2, -0.15) is 0 Å². The minimum Gasteiger partial charge on any atom is -0.408 e. The van der Waals surface area contributed by atoms with E-state index in [-0.39, 0.29) is 18.4 Å². The van der Waals surface area contributed by atoms with E-state index in [0.29, 0.717) is 11.1 Å². The van der Waals surface area contributed by atoms with E-state index in [1.165, 1.54) is 0 Å². The number of nitrogens with two attached hydrogens (primary N) is 1. The van der Waals surface area contributed by atoms with Crippen LogP contribution >= 0.6 is 12.4 Å². The summed E-state index contributed by atoms with van der Waals surface area (Å²) in [4.78, 5) is 13.4. The van der Waals surface area contributed by atoms with E-state index < -0.39 is 5.76 Å². The number of halogens is 1. The van der Waals surface area contributed by atoms with Crippen LogP contribution in [0.5, 0.6) is 0 Å². The van der Waals surface area contributed by atoms with Gasteiger partial charge in [-0.1, -0.05) is 6.07 Å². The molecule has 0 aliphatic carbocycles. The quantitative estimate of drug-likeness (QED) is 0.757. The van der Waals surface area contributed by atoms with Gasteiger partial charge in [-0.05, 0) is 24.6 Å². The number of hydrogen-bond donors (Lipinski definition) is 2. The molecular weight excluding hydrogens is 204 g/mol. The minimum absolute atomic E-state index is 0. The first-order valence-corrected chi connectivity index (χ1v) is 4.05. The van der Waals surface area contributed by atoms with Crippen LogP contribution in [-0.4, -0.2) is 4.98 Å². The normalized spacial score (nSPS) is 12.4. The van der Waals surface area contributed by atoms with Crippen LogP contribution < -0.4 is 11.5 Å². The van der Waals surface area contributed by atoms with Gasteiger partial charge in [0.15, 0.2) is 5.58 Å². The standard InChI is InChI=1S/C9H10N2O2.ClH/c1-5(10)6-2-3-8-7(4-6)11-9(12)13-8;/h2-5H,10H2,1H3,(H,11,12);1H. The SMILES string of the molecule is CC(N)c1ccc2oc(=O)[nH]c2c1.Cl. The monoisotopic (exact) mass is 214 g/mol. The van der Waals surface area contributed by atoms with Gasteiger partial charge in [0.05, 0.1) is 5.52 Å². The van der Waals surface area contributed by atoms with Crippen molar-refractivity contribution in [2.75, 3.05) is 0 Å². The fourth-order valence-electron chi connectivity index (χ4n) is 1.25. The zero-order valence-corrected chi connectivity index (χ0v) is 8.43. The Labute approximate surface area is 86.5 Å². The topological polar surface area (TPSA) is 72.0 Å². The molecule has 0 aliphatic rings. The summed E-state index contributed by atoms with van der Waals surface area (Å²) in [6.45, 7) is 1.89. The van der Waals surface area contributed by atoms with Crippen LogP contribution in [0.3, 0.4) is 0 Å². The summed E-state index contributed by atoms with van der Waals surface area (Å²) in [5, 5.41) is 0. The van der Waals surface area contributed by atoms with Crippen molar-refractivity contribution in [3.63, 3.8) is 0 Å². The molecule has 3 N–H and O–H groups in total. The van der Waals surface area contributed by atoms with Gasteiger partial charge in [-0.15, -0.1) is 12.4 Å². The van der Waals surface area contributed by atoms with Crippen LogP contribution in [0, 0.1) is 0 Å². The third-order valence-corrected chi connectivity index (χ3v) is 1.97. The van der Waals surface area contributed by atoms with Crippen molar-refractivity contribution in [1.29, 1.82) is 0 Å². The summed E-state index contributed by atoms with van der Waals surface area (Å²) in [5.41, 5.74) is 7.92. The lowest BCUT2D eigenvalue weighted by Gasteiger charge is -2.03. The van der Waals surface area contributed by atoms with E-state index in [9.17, 15) is 4.79 Å². The lowest BCUT2D eigenvalue weighted by molar-refractivity contribution is 0.555. The predicted octanol–water partition coefficient (Wildman–Crippen LogP) is 1.56. The molecule has 0 radical (unpaired) electrons. The van der Waals surface area contributed by atoms with Crippen LogP contribution in [0.1, 0.15) is 18.5 Å². The largest absolute Gasteiger partial charge is 0.417 e. The molecule has 2 rings (SSSR count). The first kappa shape index (κ1) is 10.8. The fraction of sp³-hybridized carbons (Fsp3) is 0.222. The summed E-state index contributed by atoms with van der Waals surface area (Å²) < 4.78 is 4.85. The average molecular weight is 215 g/mol. The average Bonchev–Trinajstić information content (AvgIpc) is 2.42. The van der Waals surface area contributed by atoms with Gasteiger partial charge in [0, 0.05) is 6.04 Å². The smallest absolute Gasteiger partial charge is 0.408 e. The van der Waals surface area contributed by atoms with Crippen molar-refractivity contribution in [3.05, 3.63) is 34.3 Å². The Morgan fingerprint density at radius 1 is 1.50 bits per heavy atom. The zero-order chi connectivity index (χ0) is 9.42. The molecule has 0 saturated carbocycles. The van der Waals surface area contributed by atoms with Crippen LogP contribution in [0.4, 0.5) is 0 Å². The Hall–Kier alpha value is -1.26. The second kappa shape index (κ2) is 3.86. The van der Waals surface area contributed by atoms with Crippen molar-refractivity contribution in [3.8, 4) is 0 Å². The summed E-state index contributed by atoms with van der Waals surface area (Å²) >= 11 is 0. The maximum absolute atomic E-state index is 10.8. The summed E-state index contributed by atoms with van der Waals surface area (Å²) in [7, 11) is 0. The number of aromatic amines is 1. The molecule has 14 heavy (non-hydrogen) atoms. The van der Waals surface area contributed by atoms with E-state index in [2.05, 4.69) is 4.98 Å². The van der Waals surface area contributed by atoms with Gasteiger partial charge >= 0.3 is 5.76 Å². The highest BCUT2D eigenvalue weighted by Crippen LogP contribution is 2.16. The molecule has 0 aliphatic heterocycles. The summed E-state index contributed by atoms with van der Waals surface area (Å²) in [5.74, 6) is -0.433. The van der Waals surface area contributed by atoms with E-state index in [0.717, 1.165) is 5.56 Å². The van der Waals surface area contributed by atoms with Crippen LogP contribution in [0.25, 0.3) is 11.1 Å². The molecule has 0 amide bonds. The number of hydrogen-bond acceptors (Lipinski definition) is 3. The molecule has 5 heteroatoms. The molecule has 1 aromatic heterocycles. The molecule has 2 aromatic rings. The lowest BCUT2D eigenvalue weighted by Crippen LogP contribution is -2.04. The molecule has 0 saturated heterocycles. The lowest BCUT2D eigenvalue weighted by atomic mass is 10.1. The van der Waals surface area contributed by atoms with Gasteiger partial charge in [0.1, 0.15) is 0 Å². The number of nitrogens with one attached hydrogen (secondary N) is 1. The van der Waals surface area contributed by atoms with Gasteiger partial charge in [0.2, 0.25) is 0 Å². The van der Waals surface area contributed by atoms with Gasteiger partial charge in [0.25, 0.3) is 0 Å². The Bertz CT molecular complexity index is 487. The van der Waals surface area contributed by atoms with Crippen LogP contribution in [0.15, 0.2) is 27.4 Å². The van der Waals surface area contributed by atoms with Crippen LogP contribution in [-0.2, 0) is 0 Å². The Morgan fingerprint density at radius 2 is 2.21 bits per heavy atom. The van der Waals surface area contributed by atoms with Crippen molar-refractivity contribution in [1.82, 2.24) is 4.98 Å². The second-order valence-corrected chi connectivity index (χ2v) is 3.06. The third kappa shape index (κ3) is 1.81. The predicted molar refractivity (Wildman–Crippen MR) is 56.7 cm³/mol. The maximum atomic E-state index is 10.8. The van der Waals surface area contributed by atoms with Crippen LogP contribution in [0.2, 0.25) is 0 Å². The van der Waals surface area contributed by atoms with Gasteiger partial charge in [-0.25, -0.2) is 4.79 Å². The molecule has 76 valence electrons.